The number of carbonyl (C=O) groups is 2. The Hall–Kier alpha value is -2.33. The third-order valence-electron chi connectivity index (χ3n) is 4.36. The van der Waals surface area contributed by atoms with Gasteiger partial charge < -0.3 is 10.2 Å². The van der Waals surface area contributed by atoms with E-state index in [9.17, 15) is 9.59 Å². The normalized spacial score (nSPS) is 10.5. The van der Waals surface area contributed by atoms with E-state index in [0.717, 1.165) is 27.9 Å². The lowest BCUT2D eigenvalue weighted by molar-refractivity contribution is -0.117. The molecule has 0 saturated carbocycles. The first-order chi connectivity index (χ1) is 12.2. The second-order valence-electron chi connectivity index (χ2n) is 6.65. The summed E-state index contributed by atoms with van der Waals surface area (Å²) in [6, 6.07) is 9.68. The highest BCUT2D eigenvalue weighted by Crippen LogP contribution is 2.31. The van der Waals surface area contributed by atoms with Crippen molar-refractivity contribution in [3.05, 3.63) is 57.6 Å². The molecule has 0 saturated heterocycles. The molecule has 138 valence electrons. The molecular formula is C21H25ClN2O2. The van der Waals surface area contributed by atoms with Crippen LogP contribution in [-0.2, 0) is 9.59 Å². The van der Waals surface area contributed by atoms with E-state index in [1.807, 2.05) is 58.0 Å². The first-order valence-corrected chi connectivity index (χ1v) is 8.99. The van der Waals surface area contributed by atoms with Crippen LogP contribution in [0.15, 0.2) is 30.3 Å². The maximum Gasteiger partial charge on any atom is 0.226 e. The molecule has 0 aliphatic heterocycles. The van der Waals surface area contributed by atoms with E-state index >= 15 is 0 Å². The third kappa shape index (κ3) is 4.64. The van der Waals surface area contributed by atoms with E-state index < -0.39 is 0 Å². The minimum atomic E-state index is -0.140. The number of halogens is 1. The summed E-state index contributed by atoms with van der Waals surface area (Å²) >= 11 is 6.37. The summed E-state index contributed by atoms with van der Waals surface area (Å²) in [6.07, 6.45) is 0.191. The van der Waals surface area contributed by atoms with Crippen molar-refractivity contribution in [2.45, 2.75) is 41.0 Å². The van der Waals surface area contributed by atoms with Crippen molar-refractivity contribution in [3.8, 4) is 0 Å². The zero-order valence-electron chi connectivity index (χ0n) is 15.9. The lowest BCUT2D eigenvalue weighted by Gasteiger charge is -2.24. The fourth-order valence-corrected chi connectivity index (χ4v) is 3.53. The summed E-state index contributed by atoms with van der Waals surface area (Å²) in [5.74, 6) is -0.270. The van der Waals surface area contributed by atoms with E-state index in [1.54, 1.807) is 4.90 Å². The van der Waals surface area contributed by atoms with Gasteiger partial charge in [-0.2, -0.15) is 0 Å². The molecule has 2 rings (SSSR count). The molecule has 2 amide bonds. The van der Waals surface area contributed by atoms with Crippen LogP contribution >= 0.6 is 11.6 Å². The monoisotopic (exact) mass is 372 g/mol. The first kappa shape index (κ1) is 20.0. The van der Waals surface area contributed by atoms with Gasteiger partial charge >= 0.3 is 0 Å². The summed E-state index contributed by atoms with van der Waals surface area (Å²) in [6.45, 7) is 9.55. The number of hydrogen-bond donors (Lipinski definition) is 1. The minimum absolute atomic E-state index is 0.130. The van der Waals surface area contributed by atoms with Gasteiger partial charge in [-0.3, -0.25) is 9.59 Å². The number of anilines is 2. The predicted octanol–water partition coefficient (Wildman–Crippen LogP) is 4.96. The Morgan fingerprint density at radius 2 is 1.65 bits per heavy atom. The van der Waals surface area contributed by atoms with Crippen LogP contribution in [0.25, 0.3) is 0 Å². The van der Waals surface area contributed by atoms with Gasteiger partial charge in [-0.25, -0.2) is 0 Å². The number of para-hydroxylation sites is 1. The summed E-state index contributed by atoms with van der Waals surface area (Å²) in [5, 5.41) is 3.47. The number of benzene rings is 2. The highest BCUT2D eigenvalue weighted by molar-refractivity contribution is 6.34. The number of carbonyl (C=O) groups excluding carboxylic acids is 2. The number of rotatable bonds is 5. The standard InChI is InChI=1S/C21H25ClN2O2/c1-13-11-16(4)21(18(22)12-13)24(17(5)25)10-9-19(26)23-20-14(2)7-6-8-15(20)3/h6-8,11-12H,9-10H2,1-5H3,(H,23,26). The van der Waals surface area contributed by atoms with Crippen LogP contribution in [-0.4, -0.2) is 18.4 Å². The van der Waals surface area contributed by atoms with Crippen LogP contribution in [0, 0.1) is 27.7 Å². The van der Waals surface area contributed by atoms with Gasteiger partial charge in [0.25, 0.3) is 0 Å². The summed E-state index contributed by atoms with van der Waals surface area (Å²) < 4.78 is 0. The van der Waals surface area contributed by atoms with Crippen LogP contribution in [0.5, 0.6) is 0 Å². The quantitative estimate of drug-likeness (QED) is 0.806. The Balaban J connectivity index is 2.15. The van der Waals surface area contributed by atoms with Gasteiger partial charge in [0.15, 0.2) is 0 Å². The van der Waals surface area contributed by atoms with E-state index in [4.69, 9.17) is 11.6 Å². The maximum absolute atomic E-state index is 12.4. The van der Waals surface area contributed by atoms with Crippen molar-refractivity contribution in [1.29, 1.82) is 0 Å². The summed E-state index contributed by atoms with van der Waals surface area (Å²) in [7, 11) is 0. The van der Waals surface area contributed by atoms with Crippen molar-refractivity contribution in [3.63, 3.8) is 0 Å². The number of aryl methyl sites for hydroxylation is 4. The molecule has 0 fully saturated rings. The average Bonchev–Trinajstić information content (AvgIpc) is 2.53. The van der Waals surface area contributed by atoms with Gasteiger partial charge in [0, 0.05) is 25.6 Å². The Morgan fingerprint density at radius 3 is 2.19 bits per heavy atom. The topological polar surface area (TPSA) is 49.4 Å². The fourth-order valence-electron chi connectivity index (χ4n) is 3.10. The van der Waals surface area contributed by atoms with Crippen molar-refractivity contribution in [2.24, 2.45) is 0 Å². The molecule has 0 unspecified atom stereocenters. The fraction of sp³-hybridized carbons (Fsp3) is 0.333. The molecule has 0 aromatic heterocycles. The summed E-state index contributed by atoms with van der Waals surface area (Å²) in [5.41, 5.74) is 5.48. The second-order valence-corrected chi connectivity index (χ2v) is 7.06. The molecule has 0 spiro atoms. The minimum Gasteiger partial charge on any atom is -0.326 e. The van der Waals surface area contributed by atoms with Crippen molar-refractivity contribution in [2.75, 3.05) is 16.8 Å². The van der Waals surface area contributed by atoms with Crippen molar-refractivity contribution >= 4 is 34.8 Å². The van der Waals surface area contributed by atoms with Crippen LogP contribution in [0.1, 0.15) is 35.6 Å². The van der Waals surface area contributed by atoms with E-state index in [-0.39, 0.29) is 24.8 Å². The van der Waals surface area contributed by atoms with Crippen LogP contribution in [0.4, 0.5) is 11.4 Å². The molecule has 0 heterocycles. The molecule has 2 aromatic carbocycles. The Bertz CT molecular complexity index is 803. The van der Waals surface area contributed by atoms with Crippen LogP contribution < -0.4 is 10.2 Å². The highest BCUT2D eigenvalue weighted by atomic mass is 35.5. The number of amides is 2. The molecule has 1 N–H and O–H groups in total. The highest BCUT2D eigenvalue weighted by Gasteiger charge is 2.19. The molecule has 0 radical (unpaired) electrons. The summed E-state index contributed by atoms with van der Waals surface area (Å²) in [4.78, 5) is 26.1. The SMILES string of the molecule is CC(=O)N(CCC(=O)Nc1c(C)cccc1C)c1c(C)cc(C)cc1Cl. The molecule has 0 aliphatic carbocycles. The second kappa shape index (κ2) is 8.37. The predicted molar refractivity (Wildman–Crippen MR) is 108 cm³/mol. The molecule has 26 heavy (non-hydrogen) atoms. The molecule has 2 aromatic rings. The number of hydrogen-bond acceptors (Lipinski definition) is 2. The molecule has 4 nitrogen and oxygen atoms in total. The lowest BCUT2D eigenvalue weighted by Crippen LogP contribution is -2.33. The smallest absolute Gasteiger partial charge is 0.226 e. The third-order valence-corrected chi connectivity index (χ3v) is 4.64. The van der Waals surface area contributed by atoms with Gasteiger partial charge in [0.05, 0.1) is 10.7 Å². The van der Waals surface area contributed by atoms with Gasteiger partial charge in [-0.05, 0) is 56.0 Å². The average molecular weight is 373 g/mol. The molecule has 0 atom stereocenters. The van der Waals surface area contributed by atoms with E-state index in [0.29, 0.717) is 10.7 Å². The van der Waals surface area contributed by atoms with Crippen LogP contribution in [0.2, 0.25) is 5.02 Å². The molecular weight excluding hydrogens is 348 g/mol. The zero-order valence-corrected chi connectivity index (χ0v) is 16.7. The Morgan fingerprint density at radius 1 is 1.04 bits per heavy atom. The van der Waals surface area contributed by atoms with E-state index in [2.05, 4.69) is 5.32 Å². The Kier molecular flexibility index (Phi) is 6.43. The van der Waals surface area contributed by atoms with Crippen molar-refractivity contribution in [1.82, 2.24) is 0 Å². The molecule has 0 bridgehead atoms. The molecule has 5 heteroatoms. The van der Waals surface area contributed by atoms with Gasteiger partial charge in [-0.1, -0.05) is 35.9 Å². The largest absolute Gasteiger partial charge is 0.326 e. The van der Waals surface area contributed by atoms with Gasteiger partial charge in [0.2, 0.25) is 11.8 Å². The number of nitrogens with zero attached hydrogens (tertiary/aromatic N) is 1. The maximum atomic E-state index is 12.4. The Labute approximate surface area is 160 Å². The zero-order chi connectivity index (χ0) is 19.4. The molecule has 0 aliphatic rings. The van der Waals surface area contributed by atoms with Gasteiger partial charge in [0.1, 0.15) is 0 Å². The van der Waals surface area contributed by atoms with Crippen molar-refractivity contribution < 1.29 is 9.59 Å². The van der Waals surface area contributed by atoms with E-state index in [1.165, 1.54) is 6.92 Å². The number of nitrogens with one attached hydrogen (secondary N) is 1. The lowest BCUT2D eigenvalue weighted by atomic mass is 10.1. The first-order valence-electron chi connectivity index (χ1n) is 8.61. The van der Waals surface area contributed by atoms with Gasteiger partial charge in [-0.15, -0.1) is 0 Å². The van der Waals surface area contributed by atoms with Crippen LogP contribution in [0.3, 0.4) is 0 Å².